The summed E-state index contributed by atoms with van der Waals surface area (Å²) in [5, 5.41) is 8.71. The molecule has 0 saturated carbocycles. The van der Waals surface area contributed by atoms with E-state index in [9.17, 15) is 0 Å². The fraction of sp³-hybridized carbons (Fsp3) is 0.316. The molecule has 22 heavy (non-hydrogen) atoms. The van der Waals surface area contributed by atoms with Crippen LogP contribution in [0.25, 0.3) is 0 Å². The zero-order valence-electron chi connectivity index (χ0n) is 13.2. The van der Waals surface area contributed by atoms with Gasteiger partial charge in [-0.05, 0) is 30.7 Å². The molecular formula is C19H22N2O. The summed E-state index contributed by atoms with van der Waals surface area (Å²) < 4.78 is 6.16. The molecule has 3 heteroatoms. The molecular weight excluding hydrogens is 272 g/mol. The number of hydrogen-bond acceptors (Lipinski definition) is 3. The van der Waals surface area contributed by atoms with Crippen LogP contribution >= 0.6 is 0 Å². The van der Waals surface area contributed by atoms with Crippen LogP contribution in [0.2, 0.25) is 0 Å². The molecule has 0 bridgehead atoms. The minimum Gasteiger partial charge on any atom is -0.367 e. The summed E-state index contributed by atoms with van der Waals surface area (Å²) >= 11 is 0. The van der Waals surface area contributed by atoms with Crippen LogP contribution in [-0.2, 0) is 4.74 Å². The number of rotatable bonds is 7. The molecule has 2 rings (SSSR count). The fourth-order valence-electron chi connectivity index (χ4n) is 2.40. The minimum atomic E-state index is -0.0714. The van der Waals surface area contributed by atoms with E-state index in [1.807, 2.05) is 42.3 Å². The van der Waals surface area contributed by atoms with Gasteiger partial charge in [0.1, 0.15) is 6.10 Å². The van der Waals surface area contributed by atoms with Gasteiger partial charge in [0.25, 0.3) is 0 Å². The van der Waals surface area contributed by atoms with E-state index in [0.29, 0.717) is 13.2 Å². The van der Waals surface area contributed by atoms with Crippen molar-refractivity contribution in [2.24, 2.45) is 0 Å². The lowest BCUT2D eigenvalue weighted by Crippen LogP contribution is -2.24. The van der Waals surface area contributed by atoms with Gasteiger partial charge in [-0.15, -0.1) is 0 Å². The van der Waals surface area contributed by atoms with Crippen LogP contribution in [0.3, 0.4) is 0 Å². The molecule has 0 N–H and O–H groups in total. The van der Waals surface area contributed by atoms with Crippen molar-refractivity contribution in [2.45, 2.75) is 13.0 Å². The Bertz CT molecular complexity index is 619. The van der Waals surface area contributed by atoms with Gasteiger partial charge in [0.15, 0.2) is 0 Å². The molecule has 0 aliphatic carbocycles. The van der Waals surface area contributed by atoms with Crippen molar-refractivity contribution < 1.29 is 4.74 Å². The van der Waals surface area contributed by atoms with Crippen LogP contribution in [0.4, 0.5) is 0 Å². The zero-order valence-corrected chi connectivity index (χ0v) is 13.2. The molecule has 0 heterocycles. The van der Waals surface area contributed by atoms with E-state index in [-0.39, 0.29) is 6.10 Å². The number of hydrogen-bond donors (Lipinski definition) is 0. The molecule has 2 aromatic carbocycles. The summed E-state index contributed by atoms with van der Waals surface area (Å²) in [5.41, 5.74) is 3.57. The first kappa shape index (κ1) is 16.2. The summed E-state index contributed by atoms with van der Waals surface area (Å²) in [6, 6.07) is 20.7. The van der Waals surface area contributed by atoms with Crippen molar-refractivity contribution >= 4 is 0 Å². The lowest BCUT2D eigenvalue weighted by molar-refractivity contribution is 0.0665. The maximum absolute atomic E-state index is 8.71. The van der Waals surface area contributed by atoms with Gasteiger partial charge in [0, 0.05) is 6.54 Å². The van der Waals surface area contributed by atoms with Gasteiger partial charge in [0.2, 0.25) is 0 Å². The molecule has 0 fully saturated rings. The highest BCUT2D eigenvalue weighted by Gasteiger charge is 2.16. The number of ether oxygens (including phenoxy) is 1. The highest BCUT2D eigenvalue weighted by atomic mass is 16.5. The molecule has 0 saturated heterocycles. The van der Waals surface area contributed by atoms with Crippen molar-refractivity contribution in [1.82, 2.24) is 4.90 Å². The smallest absolute Gasteiger partial charge is 0.108 e. The van der Waals surface area contributed by atoms with E-state index in [0.717, 1.165) is 12.1 Å². The third-order valence-electron chi connectivity index (χ3n) is 3.67. The Kier molecular flexibility index (Phi) is 6.14. The predicted octanol–water partition coefficient (Wildman–Crippen LogP) is 3.56. The predicted molar refractivity (Wildman–Crippen MR) is 88.5 cm³/mol. The Morgan fingerprint density at radius 3 is 2.45 bits per heavy atom. The Labute approximate surface area is 132 Å². The summed E-state index contributed by atoms with van der Waals surface area (Å²) in [5.74, 6) is 0. The lowest BCUT2D eigenvalue weighted by Gasteiger charge is -2.22. The SMILES string of the molecule is Cc1ccccc1[C@H](OCCN(C)CC#N)c1ccccc1. The van der Waals surface area contributed by atoms with Crippen molar-refractivity contribution in [3.63, 3.8) is 0 Å². The van der Waals surface area contributed by atoms with E-state index in [1.54, 1.807) is 0 Å². The van der Waals surface area contributed by atoms with Crippen molar-refractivity contribution in [3.8, 4) is 6.07 Å². The largest absolute Gasteiger partial charge is 0.367 e. The first-order valence-electron chi connectivity index (χ1n) is 7.50. The standard InChI is InChI=1S/C19H22N2O/c1-16-8-6-7-11-18(16)19(17-9-4-3-5-10-17)22-15-14-21(2)13-12-20/h3-11,19H,13-15H2,1-2H3/t19-/m1/s1. The van der Waals surface area contributed by atoms with Gasteiger partial charge in [-0.2, -0.15) is 5.26 Å². The molecule has 114 valence electrons. The molecule has 0 spiro atoms. The second-order valence-electron chi connectivity index (χ2n) is 5.41. The van der Waals surface area contributed by atoms with Crippen LogP contribution in [0.1, 0.15) is 22.8 Å². The van der Waals surface area contributed by atoms with Gasteiger partial charge in [0.05, 0.1) is 19.2 Å². The summed E-state index contributed by atoms with van der Waals surface area (Å²) in [7, 11) is 1.93. The van der Waals surface area contributed by atoms with Crippen LogP contribution in [0.5, 0.6) is 0 Å². The van der Waals surface area contributed by atoms with Gasteiger partial charge >= 0.3 is 0 Å². The number of benzene rings is 2. The van der Waals surface area contributed by atoms with Crippen LogP contribution < -0.4 is 0 Å². The van der Waals surface area contributed by atoms with Gasteiger partial charge in [-0.3, -0.25) is 4.90 Å². The monoisotopic (exact) mass is 294 g/mol. The third kappa shape index (κ3) is 4.42. The summed E-state index contributed by atoms with van der Waals surface area (Å²) in [4.78, 5) is 1.96. The van der Waals surface area contributed by atoms with Crippen molar-refractivity contribution in [1.29, 1.82) is 5.26 Å². The molecule has 0 amide bonds. The quantitative estimate of drug-likeness (QED) is 0.733. The highest BCUT2D eigenvalue weighted by molar-refractivity contribution is 5.35. The second-order valence-corrected chi connectivity index (χ2v) is 5.41. The van der Waals surface area contributed by atoms with Gasteiger partial charge in [-0.25, -0.2) is 0 Å². The highest BCUT2D eigenvalue weighted by Crippen LogP contribution is 2.28. The molecule has 1 atom stereocenters. The topological polar surface area (TPSA) is 36.3 Å². The number of nitriles is 1. The first-order chi connectivity index (χ1) is 10.7. The van der Waals surface area contributed by atoms with Crippen LogP contribution in [0.15, 0.2) is 54.6 Å². The lowest BCUT2D eigenvalue weighted by atomic mass is 9.97. The fourth-order valence-corrected chi connectivity index (χ4v) is 2.40. The van der Waals surface area contributed by atoms with E-state index in [2.05, 4.69) is 37.3 Å². The number of likely N-dealkylation sites (N-methyl/N-ethyl adjacent to an activating group) is 1. The molecule has 2 aromatic rings. The van der Waals surface area contributed by atoms with Gasteiger partial charge in [-0.1, -0.05) is 54.6 Å². The minimum absolute atomic E-state index is 0.0714. The molecule has 3 nitrogen and oxygen atoms in total. The van der Waals surface area contributed by atoms with E-state index >= 15 is 0 Å². The van der Waals surface area contributed by atoms with Gasteiger partial charge < -0.3 is 4.74 Å². The number of nitrogens with zero attached hydrogens (tertiary/aromatic N) is 2. The van der Waals surface area contributed by atoms with Crippen LogP contribution in [-0.4, -0.2) is 31.6 Å². The molecule has 0 aromatic heterocycles. The number of aryl methyl sites for hydroxylation is 1. The van der Waals surface area contributed by atoms with E-state index in [1.165, 1.54) is 11.1 Å². The molecule has 0 unspecified atom stereocenters. The second kappa shape index (κ2) is 8.33. The molecule has 0 aliphatic heterocycles. The zero-order chi connectivity index (χ0) is 15.8. The van der Waals surface area contributed by atoms with Crippen LogP contribution in [0, 0.1) is 18.3 Å². The maximum atomic E-state index is 8.71. The van der Waals surface area contributed by atoms with E-state index < -0.39 is 0 Å². The Balaban J connectivity index is 2.14. The average molecular weight is 294 g/mol. The third-order valence-corrected chi connectivity index (χ3v) is 3.67. The van der Waals surface area contributed by atoms with Crippen molar-refractivity contribution in [3.05, 3.63) is 71.3 Å². The summed E-state index contributed by atoms with van der Waals surface area (Å²) in [6.45, 7) is 3.86. The first-order valence-corrected chi connectivity index (χ1v) is 7.50. The normalized spacial score (nSPS) is 12.1. The molecule has 0 radical (unpaired) electrons. The van der Waals surface area contributed by atoms with Crippen molar-refractivity contribution in [2.75, 3.05) is 26.7 Å². The Morgan fingerprint density at radius 1 is 1.09 bits per heavy atom. The average Bonchev–Trinajstić information content (AvgIpc) is 2.54. The maximum Gasteiger partial charge on any atom is 0.108 e. The summed E-state index contributed by atoms with van der Waals surface area (Å²) in [6.07, 6.45) is -0.0714. The van der Waals surface area contributed by atoms with E-state index in [4.69, 9.17) is 10.00 Å². The Hall–Kier alpha value is -2.15. The molecule has 0 aliphatic rings. The Morgan fingerprint density at radius 2 is 1.77 bits per heavy atom.